The fourth-order valence-electron chi connectivity index (χ4n) is 3.49. The van der Waals surface area contributed by atoms with E-state index in [1.165, 1.54) is 12.8 Å². The van der Waals surface area contributed by atoms with Gasteiger partial charge in [-0.3, -0.25) is 0 Å². The molecule has 0 aliphatic heterocycles. The normalized spacial score (nSPS) is 32.5. The predicted molar refractivity (Wildman–Crippen MR) is 75.7 cm³/mol. The molecule has 0 amide bonds. The summed E-state index contributed by atoms with van der Waals surface area (Å²) in [7, 11) is 5.96. The van der Waals surface area contributed by atoms with Crippen LogP contribution in [0.3, 0.4) is 0 Å². The SMILES string of the molecule is COCCC(C)C(O)C1(N(C)C)CCCC(C)C1. The minimum atomic E-state index is -0.259. The first-order chi connectivity index (χ1) is 8.44. The molecule has 3 heteroatoms. The van der Waals surface area contributed by atoms with Gasteiger partial charge >= 0.3 is 0 Å². The highest BCUT2D eigenvalue weighted by Gasteiger charge is 2.44. The van der Waals surface area contributed by atoms with Gasteiger partial charge in [0, 0.05) is 19.3 Å². The minimum absolute atomic E-state index is 0.0369. The molecule has 4 atom stereocenters. The first kappa shape index (κ1) is 15.9. The molecular formula is C15H31NO2. The zero-order valence-electron chi connectivity index (χ0n) is 12.8. The molecule has 0 aromatic carbocycles. The van der Waals surface area contributed by atoms with Crippen LogP contribution in [0.25, 0.3) is 0 Å². The third-order valence-corrected chi connectivity index (χ3v) is 4.77. The highest BCUT2D eigenvalue weighted by Crippen LogP contribution is 2.40. The Labute approximate surface area is 113 Å². The van der Waals surface area contributed by atoms with Gasteiger partial charge in [0.2, 0.25) is 0 Å². The molecule has 4 unspecified atom stereocenters. The van der Waals surface area contributed by atoms with Gasteiger partial charge in [-0.1, -0.05) is 26.7 Å². The molecule has 0 radical (unpaired) electrons. The summed E-state index contributed by atoms with van der Waals surface area (Å²) in [5.74, 6) is 1.00. The van der Waals surface area contributed by atoms with Crippen LogP contribution in [0.4, 0.5) is 0 Å². The number of likely N-dealkylation sites (N-methyl/N-ethyl adjacent to an activating group) is 1. The lowest BCUT2D eigenvalue weighted by atomic mass is 9.69. The molecule has 0 spiro atoms. The van der Waals surface area contributed by atoms with Crippen LogP contribution in [0.5, 0.6) is 0 Å². The Hall–Kier alpha value is -0.120. The third kappa shape index (κ3) is 3.46. The van der Waals surface area contributed by atoms with Gasteiger partial charge in [0.25, 0.3) is 0 Å². The summed E-state index contributed by atoms with van der Waals surface area (Å²) in [4.78, 5) is 2.26. The van der Waals surface area contributed by atoms with Crippen LogP contribution in [0.1, 0.15) is 46.0 Å². The summed E-state index contributed by atoms with van der Waals surface area (Å²) in [6.45, 7) is 5.19. The first-order valence-corrected chi connectivity index (χ1v) is 7.28. The standard InChI is InChI=1S/C15H31NO2/c1-12-7-6-9-15(11-12,16(3)4)14(17)13(2)8-10-18-5/h12-14,17H,6-11H2,1-5H3. The summed E-state index contributed by atoms with van der Waals surface area (Å²) >= 11 is 0. The molecule has 1 saturated carbocycles. The van der Waals surface area contributed by atoms with Crippen molar-refractivity contribution in [2.45, 2.75) is 57.6 Å². The van der Waals surface area contributed by atoms with Gasteiger partial charge in [-0.2, -0.15) is 0 Å². The van der Waals surface area contributed by atoms with E-state index in [0.717, 1.165) is 25.9 Å². The number of ether oxygens (including phenoxy) is 1. The second-order valence-corrected chi connectivity index (χ2v) is 6.40. The van der Waals surface area contributed by atoms with E-state index in [1.807, 2.05) is 0 Å². The zero-order valence-corrected chi connectivity index (χ0v) is 12.8. The summed E-state index contributed by atoms with van der Waals surface area (Å²) in [5.41, 5.74) is -0.0369. The maximum absolute atomic E-state index is 10.8. The lowest BCUT2D eigenvalue weighted by Crippen LogP contribution is -2.58. The van der Waals surface area contributed by atoms with Gasteiger partial charge in [-0.25, -0.2) is 0 Å². The lowest BCUT2D eigenvalue weighted by molar-refractivity contribution is -0.0722. The Bertz CT molecular complexity index is 245. The van der Waals surface area contributed by atoms with E-state index in [4.69, 9.17) is 4.74 Å². The largest absolute Gasteiger partial charge is 0.391 e. The second-order valence-electron chi connectivity index (χ2n) is 6.40. The van der Waals surface area contributed by atoms with Crippen molar-refractivity contribution >= 4 is 0 Å². The van der Waals surface area contributed by atoms with E-state index in [1.54, 1.807) is 7.11 Å². The average Bonchev–Trinajstić information content (AvgIpc) is 2.34. The molecule has 0 heterocycles. The van der Waals surface area contributed by atoms with Crippen LogP contribution < -0.4 is 0 Å². The number of aliphatic hydroxyl groups is 1. The van der Waals surface area contributed by atoms with Crippen LogP contribution in [-0.4, -0.2) is 49.5 Å². The Morgan fingerprint density at radius 3 is 2.61 bits per heavy atom. The lowest BCUT2D eigenvalue weighted by Gasteiger charge is -2.50. The molecular weight excluding hydrogens is 226 g/mol. The van der Waals surface area contributed by atoms with Crippen LogP contribution in [0, 0.1) is 11.8 Å². The smallest absolute Gasteiger partial charge is 0.0750 e. The maximum atomic E-state index is 10.8. The number of methoxy groups -OCH3 is 1. The quantitative estimate of drug-likeness (QED) is 0.793. The monoisotopic (exact) mass is 257 g/mol. The molecule has 1 N–H and O–H groups in total. The van der Waals surface area contributed by atoms with Gasteiger partial charge in [0.15, 0.2) is 0 Å². The van der Waals surface area contributed by atoms with E-state index in [0.29, 0.717) is 5.92 Å². The summed E-state index contributed by atoms with van der Waals surface area (Å²) < 4.78 is 5.14. The van der Waals surface area contributed by atoms with E-state index in [-0.39, 0.29) is 17.6 Å². The van der Waals surface area contributed by atoms with Crippen molar-refractivity contribution in [3.63, 3.8) is 0 Å². The van der Waals surface area contributed by atoms with E-state index in [2.05, 4.69) is 32.8 Å². The summed E-state index contributed by atoms with van der Waals surface area (Å²) in [6, 6.07) is 0. The molecule has 1 fully saturated rings. The molecule has 0 saturated heterocycles. The minimum Gasteiger partial charge on any atom is -0.391 e. The molecule has 108 valence electrons. The number of aliphatic hydroxyl groups excluding tert-OH is 1. The molecule has 1 aliphatic rings. The van der Waals surface area contributed by atoms with E-state index >= 15 is 0 Å². The number of hydrogen-bond donors (Lipinski definition) is 1. The number of hydrogen-bond acceptors (Lipinski definition) is 3. The van der Waals surface area contributed by atoms with Gasteiger partial charge in [-0.05, 0) is 45.2 Å². The average molecular weight is 257 g/mol. The third-order valence-electron chi connectivity index (χ3n) is 4.77. The molecule has 0 aromatic rings. The molecule has 0 aromatic heterocycles. The van der Waals surface area contributed by atoms with E-state index < -0.39 is 0 Å². The number of rotatable bonds is 6. The zero-order chi connectivity index (χ0) is 13.8. The highest BCUT2D eigenvalue weighted by atomic mass is 16.5. The van der Waals surface area contributed by atoms with Gasteiger partial charge in [-0.15, -0.1) is 0 Å². The van der Waals surface area contributed by atoms with Crippen molar-refractivity contribution in [2.24, 2.45) is 11.8 Å². The molecule has 1 aliphatic carbocycles. The van der Waals surface area contributed by atoms with Crippen LogP contribution in [0.2, 0.25) is 0 Å². The summed E-state index contributed by atoms with van der Waals surface area (Å²) in [5, 5.41) is 10.8. The first-order valence-electron chi connectivity index (χ1n) is 7.28. The topological polar surface area (TPSA) is 32.7 Å². The van der Waals surface area contributed by atoms with Crippen molar-refractivity contribution in [3.8, 4) is 0 Å². The highest BCUT2D eigenvalue weighted by molar-refractivity contribution is 5.00. The van der Waals surface area contributed by atoms with Gasteiger partial charge < -0.3 is 14.7 Å². The maximum Gasteiger partial charge on any atom is 0.0750 e. The Morgan fingerprint density at radius 2 is 2.11 bits per heavy atom. The second kappa shape index (κ2) is 6.88. The van der Waals surface area contributed by atoms with E-state index in [9.17, 15) is 5.11 Å². The molecule has 3 nitrogen and oxygen atoms in total. The Kier molecular flexibility index (Phi) is 6.09. The molecule has 0 bridgehead atoms. The van der Waals surface area contributed by atoms with Gasteiger partial charge in [0.05, 0.1) is 6.10 Å². The van der Waals surface area contributed by atoms with Crippen molar-refractivity contribution in [3.05, 3.63) is 0 Å². The predicted octanol–water partition coefficient (Wildman–Crippen LogP) is 2.53. The fraction of sp³-hybridized carbons (Fsp3) is 1.00. The fourth-order valence-corrected chi connectivity index (χ4v) is 3.49. The Balaban J connectivity index is 2.76. The molecule has 18 heavy (non-hydrogen) atoms. The Morgan fingerprint density at radius 1 is 1.44 bits per heavy atom. The summed E-state index contributed by atoms with van der Waals surface area (Å²) in [6.07, 6.45) is 5.43. The number of nitrogens with zero attached hydrogens (tertiary/aromatic N) is 1. The van der Waals surface area contributed by atoms with Crippen molar-refractivity contribution in [1.82, 2.24) is 4.90 Å². The van der Waals surface area contributed by atoms with Crippen molar-refractivity contribution < 1.29 is 9.84 Å². The van der Waals surface area contributed by atoms with Crippen molar-refractivity contribution in [2.75, 3.05) is 27.8 Å². The van der Waals surface area contributed by atoms with Crippen LogP contribution >= 0.6 is 0 Å². The van der Waals surface area contributed by atoms with Gasteiger partial charge in [0.1, 0.15) is 0 Å². The molecule has 1 rings (SSSR count). The van der Waals surface area contributed by atoms with Crippen molar-refractivity contribution in [1.29, 1.82) is 0 Å². The van der Waals surface area contributed by atoms with Crippen LogP contribution in [-0.2, 0) is 4.74 Å². The van der Waals surface area contributed by atoms with Crippen LogP contribution in [0.15, 0.2) is 0 Å².